The van der Waals surface area contributed by atoms with Crippen LogP contribution in [0.3, 0.4) is 0 Å². The third-order valence-electron chi connectivity index (χ3n) is 3.25. The van der Waals surface area contributed by atoms with Crippen LogP contribution in [0, 0.1) is 0 Å². The molecule has 110 valence electrons. The van der Waals surface area contributed by atoms with Crippen molar-refractivity contribution in [2.24, 2.45) is 0 Å². The first-order valence-electron chi connectivity index (χ1n) is 7.18. The molecular weight excluding hydrogens is 254 g/mol. The molecule has 1 unspecified atom stereocenters. The lowest BCUT2D eigenvalue weighted by Gasteiger charge is -2.07. The summed E-state index contributed by atoms with van der Waals surface area (Å²) >= 11 is 0. The number of benzene rings is 1. The molecule has 5 heteroatoms. The van der Waals surface area contributed by atoms with E-state index in [9.17, 15) is 4.79 Å². The van der Waals surface area contributed by atoms with E-state index in [1.807, 2.05) is 19.2 Å². The Kier molecular flexibility index (Phi) is 5.83. The summed E-state index contributed by atoms with van der Waals surface area (Å²) in [4.78, 5) is 11.9. The van der Waals surface area contributed by atoms with Gasteiger partial charge >= 0.3 is 0 Å². The van der Waals surface area contributed by atoms with Crippen molar-refractivity contribution in [2.45, 2.75) is 18.9 Å². The molecule has 0 saturated carbocycles. The zero-order valence-corrected chi connectivity index (χ0v) is 11.9. The molecule has 1 aromatic carbocycles. The van der Waals surface area contributed by atoms with Crippen molar-refractivity contribution in [1.29, 1.82) is 0 Å². The fourth-order valence-electron chi connectivity index (χ4n) is 1.91. The molecule has 1 heterocycles. The molecule has 20 heavy (non-hydrogen) atoms. The first-order valence-corrected chi connectivity index (χ1v) is 7.18. The van der Waals surface area contributed by atoms with E-state index in [1.54, 1.807) is 12.1 Å². The minimum Gasteiger partial charge on any atom is -0.492 e. The van der Waals surface area contributed by atoms with Crippen LogP contribution >= 0.6 is 0 Å². The molecule has 1 atom stereocenters. The van der Waals surface area contributed by atoms with Crippen molar-refractivity contribution < 1.29 is 9.53 Å². The normalized spacial score (nSPS) is 16.8. The number of amides is 1. The Hall–Kier alpha value is -1.59. The van der Waals surface area contributed by atoms with Crippen LogP contribution in [0.1, 0.15) is 23.2 Å². The van der Waals surface area contributed by atoms with E-state index >= 15 is 0 Å². The van der Waals surface area contributed by atoms with Gasteiger partial charge in [-0.15, -0.1) is 0 Å². The van der Waals surface area contributed by atoms with E-state index in [4.69, 9.17) is 4.74 Å². The summed E-state index contributed by atoms with van der Waals surface area (Å²) in [5.41, 5.74) is 0.676. The van der Waals surface area contributed by atoms with Gasteiger partial charge < -0.3 is 20.7 Å². The maximum atomic E-state index is 11.9. The molecule has 1 aliphatic heterocycles. The monoisotopic (exact) mass is 277 g/mol. The Balaban J connectivity index is 1.68. The number of carbonyl (C=O) groups excluding carboxylic acids is 1. The lowest BCUT2D eigenvalue weighted by molar-refractivity contribution is 0.0953. The van der Waals surface area contributed by atoms with Gasteiger partial charge in [0.05, 0.1) is 0 Å². The topological polar surface area (TPSA) is 72.3 Å². The van der Waals surface area contributed by atoms with Gasteiger partial charge in [0.2, 0.25) is 0 Å². The quantitative estimate of drug-likeness (QED) is 0.460. The number of ether oxygens (including phenoxy) is 1. The van der Waals surface area contributed by atoms with Crippen LogP contribution in [0.15, 0.2) is 24.3 Å². The van der Waals surface area contributed by atoms with Crippen LogP contribution in [0.5, 0.6) is 5.75 Å². The summed E-state index contributed by atoms with van der Waals surface area (Å²) in [6.45, 7) is 3.29. The largest absolute Gasteiger partial charge is 0.492 e. The molecule has 2 rings (SSSR count). The number of rotatable bonds is 9. The smallest absolute Gasteiger partial charge is 0.251 e. The van der Waals surface area contributed by atoms with Crippen LogP contribution in [0.25, 0.3) is 0 Å². The van der Waals surface area contributed by atoms with E-state index < -0.39 is 0 Å². The molecule has 1 fully saturated rings. The molecule has 3 N–H and O–H groups in total. The number of hydrogen-bond donors (Lipinski definition) is 3. The highest BCUT2D eigenvalue weighted by Gasteiger charge is 2.18. The number of nitrogens with one attached hydrogen (secondary N) is 3. The van der Waals surface area contributed by atoms with E-state index in [0.29, 0.717) is 18.2 Å². The molecule has 1 aliphatic rings. The Morgan fingerprint density at radius 3 is 2.75 bits per heavy atom. The lowest BCUT2D eigenvalue weighted by Crippen LogP contribution is -2.24. The summed E-state index contributed by atoms with van der Waals surface area (Å²) < 4.78 is 5.51. The molecule has 0 aliphatic carbocycles. The molecule has 0 radical (unpaired) electrons. The maximum Gasteiger partial charge on any atom is 0.251 e. The van der Waals surface area contributed by atoms with E-state index in [0.717, 1.165) is 38.2 Å². The zero-order chi connectivity index (χ0) is 14.2. The Bertz CT molecular complexity index is 416. The van der Waals surface area contributed by atoms with Gasteiger partial charge in [0, 0.05) is 31.2 Å². The Morgan fingerprint density at radius 2 is 2.10 bits per heavy atom. The van der Waals surface area contributed by atoms with Gasteiger partial charge in [-0.05, 0) is 44.2 Å². The highest BCUT2D eigenvalue weighted by atomic mass is 16.5. The van der Waals surface area contributed by atoms with Gasteiger partial charge in [-0.2, -0.15) is 0 Å². The summed E-state index contributed by atoms with van der Waals surface area (Å²) in [5, 5.41) is 9.20. The fourth-order valence-corrected chi connectivity index (χ4v) is 1.91. The van der Waals surface area contributed by atoms with Crippen molar-refractivity contribution in [3.63, 3.8) is 0 Å². The Labute approximate surface area is 120 Å². The Morgan fingerprint density at radius 1 is 1.35 bits per heavy atom. The maximum absolute atomic E-state index is 11.9. The summed E-state index contributed by atoms with van der Waals surface area (Å²) in [7, 11) is 1.89. The fraction of sp³-hybridized carbons (Fsp3) is 0.533. The SMILES string of the molecule is CNCCOc1ccc(C(=O)NCCCC2CN2)cc1. The van der Waals surface area contributed by atoms with Crippen LogP contribution in [-0.2, 0) is 0 Å². The molecule has 0 aromatic heterocycles. The molecule has 5 nitrogen and oxygen atoms in total. The van der Waals surface area contributed by atoms with Gasteiger partial charge in [0.1, 0.15) is 12.4 Å². The first-order chi connectivity index (χ1) is 9.79. The summed E-state index contributed by atoms with van der Waals surface area (Å²) in [6.07, 6.45) is 2.16. The molecule has 0 bridgehead atoms. The molecule has 1 aromatic rings. The van der Waals surface area contributed by atoms with Crippen molar-refractivity contribution >= 4 is 5.91 Å². The second-order valence-corrected chi connectivity index (χ2v) is 4.98. The van der Waals surface area contributed by atoms with Gasteiger partial charge in [0.15, 0.2) is 0 Å². The predicted octanol–water partition coefficient (Wildman–Crippen LogP) is 0.767. The van der Waals surface area contributed by atoms with E-state index in [2.05, 4.69) is 16.0 Å². The van der Waals surface area contributed by atoms with E-state index in [1.165, 1.54) is 0 Å². The summed E-state index contributed by atoms with van der Waals surface area (Å²) in [5.74, 6) is 0.770. The van der Waals surface area contributed by atoms with Crippen molar-refractivity contribution in [1.82, 2.24) is 16.0 Å². The van der Waals surface area contributed by atoms with E-state index in [-0.39, 0.29) is 5.91 Å². The third-order valence-corrected chi connectivity index (χ3v) is 3.25. The second-order valence-electron chi connectivity index (χ2n) is 4.98. The molecule has 1 saturated heterocycles. The van der Waals surface area contributed by atoms with Crippen LogP contribution in [0.4, 0.5) is 0 Å². The highest BCUT2D eigenvalue weighted by molar-refractivity contribution is 5.94. The first kappa shape index (κ1) is 14.8. The summed E-state index contributed by atoms with van der Waals surface area (Å²) in [6, 6.07) is 7.94. The molecule has 1 amide bonds. The molecule has 0 spiro atoms. The predicted molar refractivity (Wildman–Crippen MR) is 79.2 cm³/mol. The van der Waals surface area contributed by atoms with Crippen LogP contribution in [0.2, 0.25) is 0 Å². The van der Waals surface area contributed by atoms with Crippen molar-refractivity contribution in [2.75, 3.05) is 33.3 Å². The minimum atomic E-state index is -0.0180. The second kappa shape index (κ2) is 7.87. The number of hydrogen-bond acceptors (Lipinski definition) is 4. The third kappa shape index (κ3) is 5.19. The standard InChI is InChI=1S/C15H23N3O2/c1-16-9-10-20-14-6-4-12(5-7-14)15(19)17-8-2-3-13-11-18-13/h4-7,13,16,18H,2-3,8-11H2,1H3,(H,17,19). The minimum absolute atomic E-state index is 0.0180. The van der Waals surface area contributed by atoms with Gasteiger partial charge in [-0.1, -0.05) is 0 Å². The highest BCUT2D eigenvalue weighted by Crippen LogP contribution is 2.12. The number of carbonyl (C=O) groups is 1. The number of likely N-dealkylation sites (N-methyl/N-ethyl adjacent to an activating group) is 1. The van der Waals surface area contributed by atoms with Crippen LogP contribution in [-0.4, -0.2) is 45.2 Å². The van der Waals surface area contributed by atoms with Crippen molar-refractivity contribution in [3.05, 3.63) is 29.8 Å². The zero-order valence-electron chi connectivity index (χ0n) is 11.9. The van der Waals surface area contributed by atoms with Crippen molar-refractivity contribution in [3.8, 4) is 5.75 Å². The average Bonchev–Trinajstić information content (AvgIpc) is 3.28. The molecular formula is C15H23N3O2. The van der Waals surface area contributed by atoms with Crippen LogP contribution < -0.4 is 20.7 Å². The van der Waals surface area contributed by atoms with Gasteiger partial charge in [0.25, 0.3) is 5.91 Å². The average molecular weight is 277 g/mol. The van der Waals surface area contributed by atoms with Gasteiger partial charge in [-0.3, -0.25) is 4.79 Å². The van der Waals surface area contributed by atoms with Gasteiger partial charge in [-0.25, -0.2) is 0 Å². The lowest BCUT2D eigenvalue weighted by atomic mass is 10.2.